The Morgan fingerprint density at radius 2 is 1.62 bits per heavy atom. The van der Waals surface area contributed by atoms with Crippen molar-refractivity contribution >= 4 is 6.09 Å². The molecule has 2 rings (SSSR count). The van der Waals surface area contributed by atoms with Gasteiger partial charge in [0.1, 0.15) is 17.2 Å². The van der Waals surface area contributed by atoms with Crippen molar-refractivity contribution in [2.75, 3.05) is 13.7 Å². The number of rotatable bonds is 7. The molecule has 2 aromatic carbocycles. The third-order valence-corrected chi connectivity index (χ3v) is 4.19. The SMILES string of the molecule is CCN(C(=O)Oc1ccc(OC)cc1)[C@@H](CC(C)C)c1ccc(O)cc1. The van der Waals surface area contributed by atoms with Gasteiger partial charge in [-0.05, 0) is 61.2 Å². The third-order valence-electron chi connectivity index (χ3n) is 4.19. The molecule has 2 aromatic rings. The number of methoxy groups -OCH3 is 1. The molecule has 0 bridgehead atoms. The highest BCUT2D eigenvalue weighted by atomic mass is 16.6. The predicted molar refractivity (Wildman–Crippen MR) is 102 cm³/mol. The van der Waals surface area contributed by atoms with E-state index in [0.29, 0.717) is 24.0 Å². The first-order valence-electron chi connectivity index (χ1n) is 8.86. The lowest BCUT2D eigenvalue weighted by molar-refractivity contribution is 0.127. The maximum atomic E-state index is 12.8. The van der Waals surface area contributed by atoms with E-state index in [1.54, 1.807) is 48.4 Å². The van der Waals surface area contributed by atoms with Crippen LogP contribution in [-0.2, 0) is 0 Å². The fourth-order valence-corrected chi connectivity index (χ4v) is 2.87. The number of ether oxygens (including phenoxy) is 2. The van der Waals surface area contributed by atoms with Crippen LogP contribution in [0.4, 0.5) is 4.79 Å². The van der Waals surface area contributed by atoms with Crippen molar-refractivity contribution < 1.29 is 19.4 Å². The molecule has 0 radical (unpaired) electrons. The first-order valence-corrected chi connectivity index (χ1v) is 8.86. The second-order valence-corrected chi connectivity index (χ2v) is 6.57. The van der Waals surface area contributed by atoms with Gasteiger partial charge in [0.2, 0.25) is 0 Å². The van der Waals surface area contributed by atoms with Crippen molar-refractivity contribution in [1.29, 1.82) is 0 Å². The van der Waals surface area contributed by atoms with Gasteiger partial charge < -0.3 is 19.5 Å². The van der Waals surface area contributed by atoms with E-state index in [9.17, 15) is 9.90 Å². The van der Waals surface area contributed by atoms with Crippen LogP contribution in [0.25, 0.3) is 0 Å². The molecule has 0 aromatic heterocycles. The summed E-state index contributed by atoms with van der Waals surface area (Å²) in [5, 5.41) is 9.55. The van der Waals surface area contributed by atoms with Crippen molar-refractivity contribution in [3.8, 4) is 17.2 Å². The van der Waals surface area contributed by atoms with Gasteiger partial charge in [-0.25, -0.2) is 4.79 Å². The Balaban J connectivity index is 2.21. The standard InChI is InChI=1S/C21H27NO4/c1-5-22(21(24)26-19-12-10-18(25-4)11-13-19)20(14-15(2)3)16-6-8-17(23)9-7-16/h6-13,15,20,23H,5,14H2,1-4H3/t20-/m0/s1. The lowest BCUT2D eigenvalue weighted by Gasteiger charge is -2.31. The maximum Gasteiger partial charge on any atom is 0.415 e. The Morgan fingerprint density at radius 3 is 2.12 bits per heavy atom. The van der Waals surface area contributed by atoms with Crippen LogP contribution in [-0.4, -0.2) is 29.8 Å². The fourth-order valence-electron chi connectivity index (χ4n) is 2.87. The maximum absolute atomic E-state index is 12.8. The highest BCUT2D eigenvalue weighted by molar-refractivity contribution is 5.71. The molecule has 1 N–H and O–H groups in total. The minimum absolute atomic E-state index is 0.119. The average Bonchev–Trinajstić information content (AvgIpc) is 2.62. The highest BCUT2D eigenvalue weighted by Gasteiger charge is 2.26. The molecule has 5 heteroatoms. The number of amides is 1. The molecule has 0 aliphatic carbocycles. The number of carbonyl (C=O) groups is 1. The Labute approximate surface area is 155 Å². The summed E-state index contributed by atoms with van der Waals surface area (Å²) in [6.07, 6.45) is 0.410. The van der Waals surface area contributed by atoms with Gasteiger partial charge in [0.15, 0.2) is 0 Å². The van der Waals surface area contributed by atoms with Gasteiger partial charge in [0.05, 0.1) is 13.2 Å². The van der Waals surface area contributed by atoms with E-state index >= 15 is 0 Å². The Hall–Kier alpha value is -2.69. The molecule has 0 saturated carbocycles. The fraction of sp³-hybridized carbons (Fsp3) is 0.381. The summed E-state index contributed by atoms with van der Waals surface area (Å²) in [6, 6.07) is 13.8. The van der Waals surface area contributed by atoms with Crippen LogP contribution in [0.2, 0.25) is 0 Å². The summed E-state index contributed by atoms with van der Waals surface area (Å²) in [5.41, 5.74) is 0.977. The Morgan fingerprint density at radius 1 is 1.04 bits per heavy atom. The minimum atomic E-state index is -0.392. The van der Waals surface area contributed by atoms with Gasteiger partial charge in [0, 0.05) is 6.54 Å². The summed E-state index contributed by atoms with van der Waals surface area (Å²) < 4.78 is 10.7. The smallest absolute Gasteiger partial charge is 0.415 e. The molecule has 1 atom stereocenters. The van der Waals surface area contributed by atoms with E-state index < -0.39 is 6.09 Å². The van der Waals surface area contributed by atoms with Crippen molar-refractivity contribution in [3.05, 3.63) is 54.1 Å². The molecule has 26 heavy (non-hydrogen) atoms. The van der Waals surface area contributed by atoms with Gasteiger partial charge in [-0.3, -0.25) is 0 Å². The summed E-state index contributed by atoms with van der Waals surface area (Å²) in [5.74, 6) is 1.79. The monoisotopic (exact) mass is 357 g/mol. The number of hydrogen-bond donors (Lipinski definition) is 1. The first-order chi connectivity index (χ1) is 12.4. The van der Waals surface area contributed by atoms with Gasteiger partial charge >= 0.3 is 6.09 Å². The van der Waals surface area contributed by atoms with Crippen LogP contribution in [0.1, 0.15) is 38.8 Å². The molecule has 0 unspecified atom stereocenters. The molecule has 0 aliphatic rings. The van der Waals surface area contributed by atoms with Gasteiger partial charge in [-0.2, -0.15) is 0 Å². The number of carbonyl (C=O) groups excluding carboxylic acids is 1. The van der Waals surface area contributed by atoms with Crippen molar-refractivity contribution in [3.63, 3.8) is 0 Å². The van der Waals surface area contributed by atoms with Gasteiger partial charge in [-0.1, -0.05) is 26.0 Å². The van der Waals surface area contributed by atoms with Crippen molar-refractivity contribution in [1.82, 2.24) is 4.90 Å². The summed E-state index contributed by atoms with van der Waals surface area (Å²) >= 11 is 0. The first kappa shape index (κ1) is 19.6. The quantitative estimate of drug-likeness (QED) is 0.757. The lowest BCUT2D eigenvalue weighted by Crippen LogP contribution is -2.37. The number of hydrogen-bond acceptors (Lipinski definition) is 4. The molecule has 0 aliphatic heterocycles. The van der Waals surface area contributed by atoms with Crippen LogP contribution < -0.4 is 9.47 Å². The molecule has 140 valence electrons. The molecular weight excluding hydrogens is 330 g/mol. The molecule has 0 spiro atoms. The van der Waals surface area contributed by atoms with Crippen LogP contribution in [0.5, 0.6) is 17.2 Å². The zero-order chi connectivity index (χ0) is 19.1. The van der Waals surface area contributed by atoms with E-state index in [0.717, 1.165) is 12.0 Å². The summed E-state index contributed by atoms with van der Waals surface area (Å²) in [6.45, 7) is 6.70. The van der Waals surface area contributed by atoms with E-state index in [1.807, 2.05) is 19.1 Å². The van der Waals surface area contributed by atoms with Crippen LogP contribution >= 0.6 is 0 Å². The number of nitrogens with zero attached hydrogens (tertiary/aromatic N) is 1. The number of benzene rings is 2. The second-order valence-electron chi connectivity index (χ2n) is 6.57. The lowest BCUT2D eigenvalue weighted by atomic mass is 9.95. The number of phenols is 1. The highest BCUT2D eigenvalue weighted by Crippen LogP contribution is 2.30. The van der Waals surface area contributed by atoms with Gasteiger partial charge in [0.25, 0.3) is 0 Å². The van der Waals surface area contributed by atoms with E-state index in [4.69, 9.17) is 9.47 Å². The topological polar surface area (TPSA) is 59.0 Å². The van der Waals surface area contributed by atoms with E-state index in [-0.39, 0.29) is 11.8 Å². The molecule has 0 fully saturated rings. The number of phenolic OH excluding ortho intramolecular Hbond substituents is 1. The van der Waals surface area contributed by atoms with E-state index in [2.05, 4.69) is 13.8 Å². The Kier molecular flexibility index (Phi) is 6.89. The average molecular weight is 357 g/mol. The molecule has 5 nitrogen and oxygen atoms in total. The van der Waals surface area contributed by atoms with E-state index in [1.165, 1.54) is 0 Å². The largest absolute Gasteiger partial charge is 0.508 e. The van der Waals surface area contributed by atoms with Crippen molar-refractivity contribution in [2.45, 2.75) is 33.2 Å². The molecular formula is C21H27NO4. The van der Waals surface area contributed by atoms with Crippen molar-refractivity contribution in [2.24, 2.45) is 5.92 Å². The molecule has 0 saturated heterocycles. The van der Waals surface area contributed by atoms with Gasteiger partial charge in [-0.15, -0.1) is 0 Å². The molecule has 1 amide bonds. The van der Waals surface area contributed by atoms with Crippen LogP contribution in [0.15, 0.2) is 48.5 Å². The summed E-state index contributed by atoms with van der Waals surface area (Å²) in [4.78, 5) is 14.5. The minimum Gasteiger partial charge on any atom is -0.508 e. The zero-order valence-electron chi connectivity index (χ0n) is 15.8. The number of aromatic hydroxyl groups is 1. The molecule has 0 heterocycles. The predicted octanol–water partition coefficient (Wildman–Crippen LogP) is 5.01. The Bertz CT molecular complexity index is 695. The zero-order valence-corrected chi connectivity index (χ0v) is 15.8. The van der Waals surface area contributed by atoms with Crippen LogP contribution in [0.3, 0.4) is 0 Å². The third kappa shape index (κ3) is 5.15. The van der Waals surface area contributed by atoms with Crippen LogP contribution in [0, 0.1) is 5.92 Å². The second kappa shape index (κ2) is 9.13. The summed E-state index contributed by atoms with van der Waals surface area (Å²) in [7, 11) is 1.59. The normalized spacial score (nSPS) is 11.9.